The minimum Gasteiger partial charge on any atom is -0.440 e. The van der Waals surface area contributed by atoms with Crippen LogP contribution >= 0.6 is 11.6 Å². The van der Waals surface area contributed by atoms with Crippen molar-refractivity contribution in [2.45, 2.75) is 6.54 Å². The van der Waals surface area contributed by atoms with Crippen molar-refractivity contribution in [3.05, 3.63) is 52.9 Å². The van der Waals surface area contributed by atoms with E-state index in [1.807, 2.05) is 18.2 Å². The van der Waals surface area contributed by atoms with Gasteiger partial charge in [0.15, 0.2) is 11.0 Å². The Labute approximate surface area is 133 Å². The van der Waals surface area contributed by atoms with E-state index in [9.17, 15) is 4.79 Å². The Morgan fingerprint density at radius 3 is 2.68 bits per heavy atom. The first-order valence-corrected chi connectivity index (χ1v) is 7.56. The Hall–Kier alpha value is -1.98. The van der Waals surface area contributed by atoms with Crippen molar-refractivity contribution in [2.24, 2.45) is 0 Å². The number of nitrogens with zero attached hydrogens (tertiary/aromatic N) is 1. The van der Waals surface area contributed by atoms with E-state index in [0.717, 1.165) is 37.6 Å². The highest BCUT2D eigenvalue weighted by Crippen LogP contribution is 2.21. The number of benzene rings is 1. The lowest BCUT2D eigenvalue weighted by Gasteiger charge is -2.30. The summed E-state index contributed by atoms with van der Waals surface area (Å²) in [6, 6.07) is 11.2. The van der Waals surface area contributed by atoms with Crippen molar-refractivity contribution in [3.8, 4) is 0 Å². The second-order valence-corrected chi connectivity index (χ2v) is 5.39. The maximum absolute atomic E-state index is 12.0. The molecular formula is C16H17ClN2O3. The van der Waals surface area contributed by atoms with Gasteiger partial charge in [0.1, 0.15) is 0 Å². The van der Waals surface area contributed by atoms with Gasteiger partial charge in [-0.05, 0) is 35.4 Å². The maximum atomic E-state index is 12.0. The zero-order valence-electron chi connectivity index (χ0n) is 12.0. The molecule has 0 spiro atoms. The number of halogens is 1. The van der Waals surface area contributed by atoms with Gasteiger partial charge in [-0.15, -0.1) is 0 Å². The number of para-hydroxylation sites is 1. The smallest absolute Gasteiger partial charge is 0.287 e. The second-order valence-electron chi connectivity index (χ2n) is 5.01. The lowest BCUT2D eigenvalue weighted by molar-refractivity contribution is 0.0923. The largest absolute Gasteiger partial charge is 0.440 e. The molecule has 1 aromatic heterocycles. The lowest BCUT2D eigenvalue weighted by Crippen LogP contribution is -2.37. The lowest BCUT2D eigenvalue weighted by atomic mass is 10.1. The van der Waals surface area contributed by atoms with Crippen LogP contribution in [0.2, 0.25) is 5.22 Å². The average molecular weight is 321 g/mol. The molecular weight excluding hydrogens is 304 g/mol. The molecule has 116 valence electrons. The molecule has 1 aliphatic rings. The zero-order valence-corrected chi connectivity index (χ0v) is 12.8. The topological polar surface area (TPSA) is 54.7 Å². The first kappa shape index (κ1) is 14.9. The molecule has 6 heteroatoms. The van der Waals surface area contributed by atoms with E-state index in [1.165, 1.54) is 0 Å². The number of nitrogens with one attached hydrogen (secondary N) is 1. The molecule has 0 unspecified atom stereocenters. The van der Waals surface area contributed by atoms with Crippen LogP contribution in [0.15, 0.2) is 40.8 Å². The number of anilines is 1. The van der Waals surface area contributed by atoms with Crippen LogP contribution in [0.1, 0.15) is 16.1 Å². The Morgan fingerprint density at radius 2 is 1.95 bits per heavy atom. The molecule has 5 nitrogen and oxygen atoms in total. The maximum Gasteiger partial charge on any atom is 0.287 e. The van der Waals surface area contributed by atoms with Crippen LogP contribution in [0.25, 0.3) is 0 Å². The summed E-state index contributed by atoms with van der Waals surface area (Å²) in [5.41, 5.74) is 2.19. The van der Waals surface area contributed by atoms with Gasteiger partial charge in [-0.25, -0.2) is 0 Å². The first-order valence-electron chi connectivity index (χ1n) is 7.18. The van der Waals surface area contributed by atoms with Crippen LogP contribution in [0.5, 0.6) is 0 Å². The van der Waals surface area contributed by atoms with Crippen LogP contribution in [0.3, 0.4) is 0 Å². The Morgan fingerprint density at radius 1 is 1.18 bits per heavy atom. The summed E-state index contributed by atoms with van der Waals surface area (Å²) in [4.78, 5) is 14.3. The van der Waals surface area contributed by atoms with Crippen LogP contribution < -0.4 is 10.2 Å². The van der Waals surface area contributed by atoms with Crippen molar-refractivity contribution in [2.75, 3.05) is 31.2 Å². The van der Waals surface area contributed by atoms with Crippen molar-refractivity contribution in [1.82, 2.24) is 5.32 Å². The highest BCUT2D eigenvalue weighted by atomic mass is 35.5. The van der Waals surface area contributed by atoms with E-state index in [-0.39, 0.29) is 16.9 Å². The van der Waals surface area contributed by atoms with Gasteiger partial charge < -0.3 is 19.4 Å². The molecule has 0 bridgehead atoms. The number of furan rings is 1. The Bertz CT molecular complexity index is 650. The van der Waals surface area contributed by atoms with Crippen LogP contribution in [0, 0.1) is 0 Å². The highest BCUT2D eigenvalue weighted by Gasteiger charge is 2.15. The molecule has 0 aliphatic carbocycles. The summed E-state index contributed by atoms with van der Waals surface area (Å²) >= 11 is 5.68. The quantitative estimate of drug-likeness (QED) is 0.941. The van der Waals surface area contributed by atoms with E-state index in [1.54, 1.807) is 12.1 Å². The van der Waals surface area contributed by atoms with E-state index < -0.39 is 0 Å². The van der Waals surface area contributed by atoms with Crippen LogP contribution in [0.4, 0.5) is 5.69 Å². The zero-order chi connectivity index (χ0) is 15.4. The predicted octanol–water partition coefficient (Wildman–Crippen LogP) is 2.70. The number of amides is 1. The van der Waals surface area contributed by atoms with E-state index in [0.29, 0.717) is 6.54 Å². The highest BCUT2D eigenvalue weighted by molar-refractivity contribution is 6.29. The third-order valence-corrected chi connectivity index (χ3v) is 3.78. The van der Waals surface area contributed by atoms with E-state index in [2.05, 4.69) is 16.3 Å². The summed E-state index contributed by atoms with van der Waals surface area (Å²) in [5, 5.41) is 3.07. The van der Waals surface area contributed by atoms with Crippen molar-refractivity contribution >= 4 is 23.2 Å². The number of hydrogen-bond donors (Lipinski definition) is 1. The van der Waals surface area contributed by atoms with Gasteiger partial charge in [-0.1, -0.05) is 18.2 Å². The molecule has 1 N–H and O–H groups in total. The van der Waals surface area contributed by atoms with Crippen molar-refractivity contribution < 1.29 is 13.9 Å². The fourth-order valence-corrected chi connectivity index (χ4v) is 2.62. The van der Waals surface area contributed by atoms with Gasteiger partial charge in [-0.2, -0.15) is 0 Å². The molecule has 1 fully saturated rings. The number of hydrogen-bond acceptors (Lipinski definition) is 4. The molecule has 2 aromatic rings. The molecule has 1 aliphatic heterocycles. The molecule has 2 heterocycles. The van der Waals surface area contributed by atoms with Crippen LogP contribution in [-0.4, -0.2) is 32.2 Å². The number of ether oxygens (including phenoxy) is 1. The molecule has 3 rings (SSSR count). The number of morpholine rings is 1. The third kappa shape index (κ3) is 3.43. The van der Waals surface area contributed by atoms with Crippen molar-refractivity contribution in [3.63, 3.8) is 0 Å². The second kappa shape index (κ2) is 6.85. The Balaban J connectivity index is 1.68. The molecule has 0 radical (unpaired) electrons. The molecule has 1 saturated heterocycles. The summed E-state index contributed by atoms with van der Waals surface area (Å²) in [6.45, 7) is 3.61. The van der Waals surface area contributed by atoms with Gasteiger partial charge in [0, 0.05) is 25.3 Å². The average Bonchev–Trinajstić information content (AvgIpc) is 3.00. The van der Waals surface area contributed by atoms with Gasteiger partial charge in [-0.3, -0.25) is 4.79 Å². The molecule has 22 heavy (non-hydrogen) atoms. The Kier molecular flexibility index (Phi) is 4.65. The van der Waals surface area contributed by atoms with E-state index in [4.69, 9.17) is 20.8 Å². The number of rotatable bonds is 4. The van der Waals surface area contributed by atoms with Crippen molar-refractivity contribution in [1.29, 1.82) is 0 Å². The van der Waals surface area contributed by atoms with Gasteiger partial charge in [0.05, 0.1) is 13.2 Å². The SMILES string of the molecule is O=C(NCc1ccccc1N1CCOCC1)c1ccc(Cl)o1. The van der Waals surface area contributed by atoms with Gasteiger partial charge >= 0.3 is 0 Å². The number of carbonyl (C=O) groups is 1. The molecule has 0 atom stereocenters. The molecule has 1 aromatic carbocycles. The normalized spacial score (nSPS) is 14.9. The third-order valence-electron chi connectivity index (χ3n) is 3.58. The molecule has 0 saturated carbocycles. The fraction of sp³-hybridized carbons (Fsp3) is 0.312. The predicted molar refractivity (Wildman–Crippen MR) is 84.4 cm³/mol. The minimum absolute atomic E-state index is 0.207. The van der Waals surface area contributed by atoms with Gasteiger partial charge in [0.2, 0.25) is 0 Å². The minimum atomic E-state index is -0.274. The summed E-state index contributed by atoms with van der Waals surface area (Å²) in [5.74, 6) is -0.0578. The first-order chi connectivity index (χ1) is 10.7. The van der Waals surface area contributed by atoms with Crippen LogP contribution in [-0.2, 0) is 11.3 Å². The molecule has 1 amide bonds. The van der Waals surface area contributed by atoms with Gasteiger partial charge in [0.25, 0.3) is 5.91 Å². The summed E-state index contributed by atoms with van der Waals surface area (Å²) in [6.07, 6.45) is 0. The summed E-state index contributed by atoms with van der Waals surface area (Å²) in [7, 11) is 0. The fourth-order valence-electron chi connectivity index (χ4n) is 2.47. The standard InChI is InChI=1S/C16H17ClN2O3/c17-15-6-5-14(22-15)16(20)18-11-12-3-1-2-4-13(12)19-7-9-21-10-8-19/h1-6H,7-11H2,(H,18,20). The summed E-state index contributed by atoms with van der Waals surface area (Å²) < 4.78 is 10.5. The number of carbonyl (C=O) groups excluding carboxylic acids is 1. The van der Waals surface area contributed by atoms with E-state index >= 15 is 0 Å². The monoisotopic (exact) mass is 320 g/mol.